The second-order valence-corrected chi connectivity index (χ2v) is 5.70. The van der Waals surface area contributed by atoms with Gasteiger partial charge >= 0.3 is 5.97 Å². The first-order chi connectivity index (χ1) is 8.88. The molecule has 0 bridgehead atoms. The van der Waals surface area contributed by atoms with Crippen LogP contribution in [0, 0.1) is 0 Å². The molecule has 1 aromatic rings. The van der Waals surface area contributed by atoms with Gasteiger partial charge in [-0.3, -0.25) is 9.59 Å². The third-order valence-corrected chi connectivity index (χ3v) is 3.25. The lowest BCUT2D eigenvalue weighted by Gasteiger charge is -2.12. The second kappa shape index (κ2) is 7.49. The van der Waals surface area contributed by atoms with Gasteiger partial charge in [0.25, 0.3) is 5.91 Å². The molecule has 1 amide bonds. The zero-order valence-corrected chi connectivity index (χ0v) is 13.3. The molecular weight excluding hydrogens is 382 g/mol. The monoisotopic (exact) mass is 393 g/mol. The predicted octanol–water partition coefficient (Wildman–Crippen LogP) is 2.57. The summed E-state index contributed by atoms with van der Waals surface area (Å²) < 4.78 is 6.96. The maximum absolute atomic E-state index is 11.5. The van der Waals surface area contributed by atoms with Crippen molar-refractivity contribution in [3.05, 3.63) is 27.1 Å². The van der Waals surface area contributed by atoms with Gasteiger partial charge in [0.05, 0.1) is 10.9 Å². The van der Waals surface area contributed by atoms with Crippen molar-refractivity contribution in [3.8, 4) is 5.75 Å². The second-order valence-electron chi connectivity index (χ2n) is 3.93. The maximum Gasteiger partial charge on any atom is 0.305 e. The highest BCUT2D eigenvalue weighted by atomic mass is 79.9. The summed E-state index contributed by atoms with van der Waals surface area (Å²) in [5, 5.41) is 11.1. The Morgan fingerprint density at radius 1 is 1.42 bits per heavy atom. The minimum Gasteiger partial charge on any atom is -0.483 e. The Morgan fingerprint density at radius 3 is 2.68 bits per heavy atom. The maximum atomic E-state index is 11.5. The zero-order valence-electron chi connectivity index (χ0n) is 10.2. The number of amides is 1. The number of ether oxygens (including phenoxy) is 1. The highest BCUT2D eigenvalue weighted by molar-refractivity contribution is 9.11. The number of carbonyl (C=O) groups is 2. The minimum atomic E-state index is -0.954. The van der Waals surface area contributed by atoms with Crippen LogP contribution in [-0.2, 0) is 9.59 Å². The molecule has 1 unspecified atom stereocenters. The number of rotatable bonds is 6. The fourth-order valence-corrected chi connectivity index (χ4v) is 2.53. The molecule has 0 radical (unpaired) electrons. The normalized spacial score (nSPS) is 11.7. The fraction of sp³-hybridized carbons (Fsp3) is 0.333. The van der Waals surface area contributed by atoms with Gasteiger partial charge in [-0.05, 0) is 41.1 Å². The van der Waals surface area contributed by atoms with Crippen molar-refractivity contribution in [2.24, 2.45) is 0 Å². The Balaban J connectivity index is 2.43. The molecule has 104 valence electrons. The van der Waals surface area contributed by atoms with Gasteiger partial charge in [-0.25, -0.2) is 0 Å². The Hall–Kier alpha value is -1.08. The van der Waals surface area contributed by atoms with E-state index < -0.39 is 12.0 Å². The molecule has 1 atom stereocenters. The van der Waals surface area contributed by atoms with E-state index in [1.807, 2.05) is 0 Å². The lowest BCUT2D eigenvalue weighted by molar-refractivity contribution is -0.137. The van der Waals surface area contributed by atoms with E-state index in [1.165, 1.54) is 0 Å². The van der Waals surface area contributed by atoms with Crippen molar-refractivity contribution >= 4 is 43.7 Å². The van der Waals surface area contributed by atoms with E-state index in [9.17, 15) is 9.59 Å². The summed E-state index contributed by atoms with van der Waals surface area (Å²) in [7, 11) is 0. The van der Waals surface area contributed by atoms with Crippen molar-refractivity contribution in [1.29, 1.82) is 0 Å². The molecule has 0 aliphatic rings. The Kier molecular flexibility index (Phi) is 6.30. The number of nitrogens with one attached hydrogen (secondary N) is 1. The zero-order chi connectivity index (χ0) is 14.4. The highest BCUT2D eigenvalue weighted by Gasteiger charge is 2.12. The van der Waals surface area contributed by atoms with Gasteiger partial charge in [0.1, 0.15) is 5.75 Å². The van der Waals surface area contributed by atoms with Crippen LogP contribution in [0.15, 0.2) is 27.1 Å². The number of carbonyl (C=O) groups excluding carboxylic acids is 1. The number of hydrogen-bond donors (Lipinski definition) is 2. The van der Waals surface area contributed by atoms with Crippen LogP contribution in [0.3, 0.4) is 0 Å². The molecule has 0 fully saturated rings. The minimum absolute atomic E-state index is 0.117. The van der Waals surface area contributed by atoms with E-state index in [-0.39, 0.29) is 18.9 Å². The number of benzene rings is 1. The van der Waals surface area contributed by atoms with Gasteiger partial charge in [-0.15, -0.1) is 0 Å². The van der Waals surface area contributed by atoms with Crippen molar-refractivity contribution in [3.63, 3.8) is 0 Å². The highest BCUT2D eigenvalue weighted by Crippen LogP contribution is 2.27. The largest absolute Gasteiger partial charge is 0.483 e. The molecule has 1 aromatic carbocycles. The van der Waals surface area contributed by atoms with Crippen molar-refractivity contribution < 1.29 is 19.4 Å². The third kappa shape index (κ3) is 6.07. The Bertz CT molecular complexity index is 479. The summed E-state index contributed by atoms with van der Waals surface area (Å²) >= 11 is 6.63. The quantitative estimate of drug-likeness (QED) is 0.777. The van der Waals surface area contributed by atoms with Crippen LogP contribution in [-0.4, -0.2) is 29.6 Å². The average Bonchev–Trinajstić information content (AvgIpc) is 2.26. The average molecular weight is 395 g/mol. The summed E-state index contributed by atoms with van der Waals surface area (Å²) in [5.41, 5.74) is 0. The summed E-state index contributed by atoms with van der Waals surface area (Å²) in [5.74, 6) is -0.767. The number of halogens is 2. The fourth-order valence-electron chi connectivity index (χ4n) is 1.37. The van der Waals surface area contributed by atoms with Crippen LogP contribution >= 0.6 is 31.9 Å². The predicted molar refractivity (Wildman–Crippen MR) is 77.2 cm³/mol. The van der Waals surface area contributed by atoms with Gasteiger partial charge in [0.2, 0.25) is 0 Å². The van der Waals surface area contributed by atoms with Crippen LogP contribution in [0.2, 0.25) is 0 Å². The molecule has 1 rings (SSSR count). The first-order valence-electron chi connectivity index (χ1n) is 5.47. The summed E-state index contributed by atoms with van der Waals surface area (Å²) in [4.78, 5) is 22.0. The van der Waals surface area contributed by atoms with Crippen LogP contribution in [0.25, 0.3) is 0 Å². The van der Waals surface area contributed by atoms with Crippen LogP contribution in [0.1, 0.15) is 13.3 Å². The van der Waals surface area contributed by atoms with E-state index >= 15 is 0 Å². The van der Waals surface area contributed by atoms with Gasteiger partial charge in [0.15, 0.2) is 6.61 Å². The van der Waals surface area contributed by atoms with Gasteiger partial charge in [-0.2, -0.15) is 0 Å². The summed E-state index contributed by atoms with van der Waals surface area (Å²) in [6, 6.07) is 4.90. The van der Waals surface area contributed by atoms with E-state index in [2.05, 4.69) is 37.2 Å². The summed E-state index contributed by atoms with van der Waals surface area (Å²) in [6.07, 6.45) is -0.117. The van der Waals surface area contributed by atoms with Crippen LogP contribution < -0.4 is 10.1 Å². The molecular formula is C12H13Br2NO4. The van der Waals surface area contributed by atoms with Crippen LogP contribution in [0.4, 0.5) is 0 Å². The molecule has 0 saturated heterocycles. The molecule has 0 aliphatic heterocycles. The molecule has 0 heterocycles. The van der Waals surface area contributed by atoms with Gasteiger partial charge < -0.3 is 15.2 Å². The van der Waals surface area contributed by atoms with Crippen molar-refractivity contribution in [2.75, 3.05) is 6.61 Å². The molecule has 19 heavy (non-hydrogen) atoms. The molecule has 5 nitrogen and oxygen atoms in total. The van der Waals surface area contributed by atoms with Crippen molar-refractivity contribution in [1.82, 2.24) is 5.32 Å². The topological polar surface area (TPSA) is 75.6 Å². The lowest BCUT2D eigenvalue weighted by Crippen LogP contribution is -2.37. The standard InChI is InChI=1S/C12H13Br2NO4/c1-7(4-12(17)18)15-11(16)6-19-10-3-2-8(13)5-9(10)14/h2-3,5,7H,4,6H2,1H3,(H,15,16)(H,17,18). The number of carboxylic acids is 1. The molecule has 0 saturated carbocycles. The lowest BCUT2D eigenvalue weighted by atomic mass is 10.2. The number of carboxylic acid groups (broad SMARTS) is 1. The van der Waals surface area contributed by atoms with E-state index in [1.54, 1.807) is 25.1 Å². The third-order valence-electron chi connectivity index (χ3n) is 2.14. The SMILES string of the molecule is CC(CC(=O)O)NC(=O)COc1ccc(Br)cc1Br. The smallest absolute Gasteiger partial charge is 0.305 e. The van der Waals surface area contributed by atoms with Gasteiger partial charge in [0, 0.05) is 10.5 Å². The summed E-state index contributed by atoms with van der Waals surface area (Å²) in [6.45, 7) is 1.46. The molecule has 0 aliphatic carbocycles. The first kappa shape index (κ1) is 16.0. The molecule has 0 aromatic heterocycles. The molecule has 7 heteroatoms. The number of aliphatic carboxylic acids is 1. The van der Waals surface area contributed by atoms with Crippen LogP contribution in [0.5, 0.6) is 5.75 Å². The Morgan fingerprint density at radius 2 is 2.11 bits per heavy atom. The van der Waals surface area contributed by atoms with E-state index in [0.29, 0.717) is 5.75 Å². The first-order valence-corrected chi connectivity index (χ1v) is 7.06. The van der Waals surface area contributed by atoms with Crippen molar-refractivity contribution in [2.45, 2.75) is 19.4 Å². The molecule has 2 N–H and O–H groups in total. The number of hydrogen-bond acceptors (Lipinski definition) is 3. The van der Waals surface area contributed by atoms with E-state index in [4.69, 9.17) is 9.84 Å². The molecule has 0 spiro atoms. The van der Waals surface area contributed by atoms with Gasteiger partial charge in [-0.1, -0.05) is 15.9 Å². The Labute approximate surface area is 127 Å². The van der Waals surface area contributed by atoms with E-state index in [0.717, 1.165) is 8.95 Å².